The molecule has 0 N–H and O–H groups in total. The topological polar surface area (TPSA) is 22.0 Å². The summed E-state index contributed by atoms with van der Waals surface area (Å²) in [5, 5.41) is 1.79. The number of nitrogens with zero attached hydrogens (tertiary/aromatic N) is 1. The van der Waals surface area contributed by atoms with Gasteiger partial charge in [0.15, 0.2) is 0 Å². The predicted molar refractivity (Wildman–Crippen MR) is 57.6 cm³/mol. The summed E-state index contributed by atoms with van der Waals surface area (Å²) in [6.45, 7) is 2.01. The Morgan fingerprint density at radius 3 is 2.93 bits per heavy atom. The number of ketones is 1. The highest BCUT2D eigenvalue weighted by Crippen LogP contribution is 2.20. The van der Waals surface area contributed by atoms with Crippen molar-refractivity contribution in [2.24, 2.45) is 0 Å². The molecule has 0 fully saturated rings. The lowest BCUT2D eigenvalue weighted by atomic mass is 10.2. The molecule has 3 heteroatoms. The number of carbonyl (C=O) groups excluding carboxylic acids is 1. The Labute approximate surface area is 87.1 Å². The lowest BCUT2D eigenvalue weighted by molar-refractivity contribution is -0.117. The molecule has 0 amide bonds. The van der Waals surface area contributed by atoms with Gasteiger partial charge in [-0.3, -0.25) is 4.79 Å². The molecule has 0 aliphatic rings. The Hall–Kier alpha value is -1.28. The fourth-order valence-electron chi connectivity index (χ4n) is 1.55. The van der Waals surface area contributed by atoms with E-state index >= 15 is 0 Å². The van der Waals surface area contributed by atoms with E-state index in [-0.39, 0.29) is 5.78 Å². The van der Waals surface area contributed by atoms with Gasteiger partial charge in [0.2, 0.25) is 0 Å². The first-order chi connectivity index (χ1) is 6.66. The van der Waals surface area contributed by atoms with Crippen LogP contribution in [0, 0.1) is 0 Å². The zero-order valence-electron chi connectivity index (χ0n) is 7.83. The van der Waals surface area contributed by atoms with Gasteiger partial charge in [-0.1, -0.05) is 11.6 Å². The number of halogens is 1. The zero-order valence-corrected chi connectivity index (χ0v) is 8.58. The number of hydrogen-bond donors (Lipinski definition) is 0. The van der Waals surface area contributed by atoms with Gasteiger partial charge in [-0.15, -0.1) is 0 Å². The van der Waals surface area contributed by atoms with E-state index in [4.69, 9.17) is 11.6 Å². The molecule has 1 aromatic heterocycles. The highest BCUT2D eigenvalue weighted by molar-refractivity contribution is 6.31. The van der Waals surface area contributed by atoms with E-state index in [0.717, 1.165) is 15.9 Å². The van der Waals surface area contributed by atoms with Crippen molar-refractivity contribution in [3.8, 4) is 0 Å². The van der Waals surface area contributed by atoms with Crippen molar-refractivity contribution in [3.63, 3.8) is 0 Å². The third-order valence-electron chi connectivity index (χ3n) is 2.13. The van der Waals surface area contributed by atoms with Crippen LogP contribution in [0.25, 0.3) is 10.9 Å². The van der Waals surface area contributed by atoms with Crippen molar-refractivity contribution in [2.45, 2.75) is 13.5 Å². The lowest BCUT2D eigenvalue weighted by Crippen LogP contribution is -2.04. The molecule has 2 nitrogen and oxygen atoms in total. The van der Waals surface area contributed by atoms with E-state index in [0.29, 0.717) is 6.54 Å². The van der Waals surface area contributed by atoms with Crippen LogP contribution in [0.5, 0.6) is 0 Å². The van der Waals surface area contributed by atoms with Crippen LogP contribution in [0.15, 0.2) is 30.5 Å². The average Bonchev–Trinajstić information content (AvgIpc) is 2.47. The van der Waals surface area contributed by atoms with Gasteiger partial charge in [0, 0.05) is 22.1 Å². The van der Waals surface area contributed by atoms with Crippen molar-refractivity contribution in [1.29, 1.82) is 0 Å². The summed E-state index contributed by atoms with van der Waals surface area (Å²) in [6.07, 6.45) is 1.91. The second kappa shape index (κ2) is 3.46. The van der Waals surface area contributed by atoms with E-state index in [1.165, 1.54) is 0 Å². The predicted octanol–water partition coefficient (Wildman–Crippen LogP) is 2.88. The highest BCUT2D eigenvalue weighted by Gasteiger charge is 2.02. The van der Waals surface area contributed by atoms with Gasteiger partial charge in [0.05, 0.1) is 6.54 Å². The molecule has 0 radical (unpaired) electrons. The minimum atomic E-state index is 0.150. The molecule has 0 atom stereocenters. The van der Waals surface area contributed by atoms with Gasteiger partial charge in [-0.2, -0.15) is 0 Å². The van der Waals surface area contributed by atoms with Gasteiger partial charge in [0.25, 0.3) is 0 Å². The molecule has 0 bridgehead atoms. The Morgan fingerprint density at radius 1 is 1.43 bits per heavy atom. The Morgan fingerprint density at radius 2 is 2.21 bits per heavy atom. The summed E-state index contributed by atoms with van der Waals surface area (Å²) in [6, 6.07) is 7.62. The van der Waals surface area contributed by atoms with Crippen molar-refractivity contribution in [1.82, 2.24) is 4.57 Å². The first-order valence-electron chi connectivity index (χ1n) is 4.40. The van der Waals surface area contributed by atoms with Crippen LogP contribution in [0.1, 0.15) is 6.92 Å². The molecular formula is C11H10ClNO. The third-order valence-corrected chi connectivity index (χ3v) is 2.36. The molecule has 72 valence electrons. The SMILES string of the molecule is CC(=O)Cn1ccc2cc(Cl)ccc21. The minimum Gasteiger partial charge on any atom is -0.340 e. The van der Waals surface area contributed by atoms with Gasteiger partial charge < -0.3 is 4.57 Å². The molecule has 1 aromatic carbocycles. The zero-order chi connectivity index (χ0) is 10.1. The Bertz CT molecular complexity index is 487. The van der Waals surface area contributed by atoms with Crippen LogP contribution in [0.2, 0.25) is 5.02 Å². The minimum absolute atomic E-state index is 0.150. The summed E-state index contributed by atoms with van der Waals surface area (Å²) < 4.78 is 1.92. The summed E-state index contributed by atoms with van der Waals surface area (Å²) in [4.78, 5) is 11.0. The first-order valence-corrected chi connectivity index (χ1v) is 4.78. The molecule has 2 aromatic rings. The monoisotopic (exact) mass is 207 g/mol. The smallest absolute Gasteiger partial charge is 0.149 e. The maximum absolute atomic E-state index is 11.0. The maximum atomic E-state index is 11.0. The molecule has 2 rings (SSSR count). The molecule has 0 unspecified atom stereocenters. The normalized spacial score (nSPS) is 10.7. The van der Waals surface area contributed by atoms with Crippen molar-refractivity contribution in [3.05, 3.63) is 35.5 Å². The van der Waals surface area contributed by atoms with Crippen LogP contribution in [-0.4, -0.2) is 10.4 Å². The Kier molecular flexibility index (Phi) is 2.30. The van der Waals surface area contributed by atoms with E-state index in [9.17, 15) is 4.79 Å². The van der Waals surface area contributed by atoms with E-state index in [1.54, 1.807) is 6.92 Å². The van der Waals surface area contributed by atoms with Gasteiger partial charge >= 0.3 is 0 Å². The third kappa shape index (κ3) is 1.66. The summed E-state index contributed by atoms with van der Waals surface area (Å²) >= 11 is 5.86. The highest BCUT2D eigenvalue weighted by atomic mass is 35.5. The number of rotatable bonds is 2. The number of Topliss-reactive ketones (excluding diaryl/α,β-unsaturated/α-hetero) is 1. The standard InChI is InChI=1S/C11H10ClNO/c1-8(14)7-13-5-4-9-6-10(12)2-3-11(9)13/h2-6H,7H2,1H3. The van der Waals surface area contributed by atoms with Gasteiger partial charge in [-0.25, -0.2) is 0 Å². The molecule has 1 heterocycles. The number of hydrogen-bond acceptors (Lipinski definition) is 1. The van der Waals surface area contributed by atoms with Crippen LogP contribution in [0.4, 0.5) is 0 Å². The van der Waals surface area contributed by atoms with Gasteiger partial charge in [-0.05, 0) is 31.2 Å². The number of benzene rings is 1. The summed E-state index contributed by atoms with van der Waals surface area (Å²) in [7, 11) is 0. The molecule has 0 aliphatic heterocycles. The number of carbonyl (C=O) groups is 1. The molecule has 0 spiro atoms. The van der Waals surface area contributed by atoms with Crippen molar-refractivity contribution >= 4 is 28.3 Å². The largest absolute Gasteiger partial charge is 0.340 e. The van der Waals surface area contributed by atoms with Crippen LogP contribution < -0.4 is 0 Å². The van der Waals surface area contributed by atoms with E-state index < -0.39 is 0 Å². The van der Waals surface area contributed by atoms with Crippen LogP contribution in [-0.2, 0) is 11.3 Å². The molecule has 0 aliphatic carbocycles. The van der Waals surface area contributed by atoms with Crippen LogP contribution in [0.3, 0.4) is 0 Å². The van der Waals surface area contributed by atoms with E-state index in [1.807, 2.05) is 35.0 Å². The second-order valence-electron chi connectivity index (χ2n) is 3.35. The van der Waals surface area contributed by atoms with Crippen molar-refractivity contribution in [2.75, 3.05) is 0 Å². The number of aromatic nitrogens is 1. The summed E-state index contributed by atoms with van der Waals surface area (Å²) in [5.74, 6) is 0.150. The number of fused-ring (bicyclic) bond motifs is 1. The molecule has 14 heavy (non-hydrogen) atoms. The fourth-order valence-corrected chi connectivity index (χ4v) is 1.73. The quantitative estimate of drug-likeness (QED) is 0.742. The first kappa shape index (κ1) is 9.28. The average molecular weight is 208 g/mol. The lowest BCUT2D eigenvalue weighted by Gasteiger charge is -2.01. The maximum Gasteiger partial charge on any atom is 0.149 e. The molecule has 0 saturated heterocycles. The van der Waals surface area contributed by atoms with E-state index in [2.05, 4.69) is 0 Å². The van der Waals surface area contributed by atoms with Crippen molar-refractivity contribution < 1.29 is 4.79 Å². The van der Waals surface area contributed by atoms with Crippen LogP contribution >= 0.6 is 11.6 Å². The Balaban J connectivity index is 2.52. The molecular weight excluding hydrogens is 198 g/mol. The van der Waals surface area contributed by atoms with Gasteiger partial charge in [0.1, 0.15) is 5.78 Å². The molecule has 0 saturated carbocycles. The summed E-state index contributed by atoms with van der Waals surface area (Å²) in [5.41, 5.74) is 1.05. The second-order valence-corrected chi connectivity index (χ2v) is 3.79. The fraction of sp³-hybridized carbons (Fsp3) is 0.182.